The van der Waals surface area contributed by atoms with Crippen molar-refractivity contribution in [1.29, 1.82) is 0 Å². The number of rotatable bonds is 11. The van der Waals surface area contributed by atoms with Crippen molar-refractivity contribution in [2.45, 2.75) is 88.4 Å². The predicted molar refractivity (Wildman–Crippen MR) is 268 cm³/mol. The molecular formula is C54H54BrF5N4O11. The fraction of sp³-hybridized carbons (Fsp3) is 0.333. The highest BCUT2D eigenvalue weighted by Gasteiger charge is 2.47. The lowest BCUT2D eigenvalue weighted by Gasteiger charge is -2.33. The Balaban J connectivity index is 0.000000207. The maximum Gasteiger partial charge on any atom is 0.407 e. The largest absolute Gasteiger partial charge is 0.480 e. The van der Waals surface area contributed by atoms with E-state index in [0.717, 1.165) is 70.8 Å². The van der Waals surface area contributed by atoms with Crippen molar-refractivity contribution >= 4 is 53.0 Å². The molecule has 21 heteroatoms. The van der Waals surface area contributed by atoms with Crippen LogP contribution in [0.15, 0.2) is 97.1 Å². The number of ether oxygens (including phenoxy) is 3. The number of benzene rings is 5. The van der Waals surface area contributed by atoms with Crippen molar-refractivity contribution in [1.82, 2.24) is 20.9 Å². The number of carboxylic acid groups (broad SMARTS) is 2. The number of hydrogen-bond donors (Lipinski definition) is 5. The van der Waals surface area contributed by atoms with Crippen molar-refractivity contribution in [2.24, 2.45) is 0 Å². The molecule has 4 atom stereocenters. The van der Waals surface area contributed by atoms with Crippen LogP contribution < -0.4 is 20.7 Å². The molecule has 15 nitrogen and oxygen atoms in total. The molecule has 398 valence electrons. The van der Waals surface area contributed by atoms with E-state index in [0.29, 0.717) is 19.4 Å². The highest BCUT2D eigenvalue weighted by molar-refractivity contribution is 8.93. The number of nitrogens with zero attached hydrogens (tertiary/aromatic N) is 1. The molecule has 0 spiro atoms. The molecule has 0 aromatic heterocycles. The molecule has 75 heavy (non-hydrogen) atoms. The summed E-state index contributed by atoms with van der Waals surface area (Å²) >= 11 is 0. The first-order valence-electron chi connectivity index (χ1n) is 23.7. The number of halogens is 6. The normalized spacial score (nSPS) is 18.7. The number of hydrogen-bond acceptors (Lipinski definition) is 10. The first-order valence-corrected chi connectivity index (χ1v) is 23.7. The minimum Gasteiger partial charge on any atom is -0.480 e. The standard InChI is InChI=1S/C24H16F5NO4.C24H26N2O5.C6H11NO2.BrH/c1-11(23(31)34-22-20(28)18(26)17(25)19(27)21(22)29)30-24(32)33-10-16-14-8-4-2-6-12(14)13-7-3-5-9-15(13)16;1-15(21(27)26-13-7-12-24(26,2)22(28)29)25-23(30)31-14-20-18-10-5-3-8-16(18)17-9-4-6-11-19(17)20;1-6(5(8)9)3-2-4-7-6;/h2-9,11,16H,10H2,1H3,(H,30,32);3-6,8-11,15,20H,7,12-14H2,1-2H3,(H,25,30)(H,28,29);7H,2-4H2,1H3,(H,8,9);1H/t11-;15-,24+;6-;/m001./s1. The molecule has 2 saturated heterocycles. The number of aliphatic carboxylic acids is 2. The van der Waals surface area contributed by atoms with Crippen molar-refractivity contribution in [3.8, 4) is 28.0 Å². The predicted octanol–water partition coefficient (Wildman–Crippen LogP) is 9.39. The summed E-state index contributed by atoms with van der Waals surface area (Å²) in [5, 5.41) is 25.7. The van der Waals surface area contributed by atoms with Gasteiger partial charge in [-0.15, -0.1) is 17.0 Å². The Morgan fingerprint density at radius 2 is 1.01 bits per heavy atom. The Kier molecular flexibility index (Phi) is 18.1. The molecule has 9 rings (SSSR count). The summed E-state index contributed by atoms with van der Waals surface area (Å²) in [5.74, 6) is -17.3. The van der Waals surface area contributed by atoms with Gasteiger partial charge in [-0.2, -0.15) is 8.78 Å². The zero-order valence-corrected chi connectivity index (χ0v) is 42.7. The molecule has 2 fully saturated rings. The molecule has 0 radical (unpaired) electrons. The summed E-state index contributed by atoms with van der Waals surface area (Å²) in [6.07, 6.45) is 1.01. The first-order chi connectivity index (χ1) is 35.2. The van der Waals surface area contributed by atoms with Gasteiger partial charge < -0.3 is 45.3 Å². The van der Waals surface area contributed by atoms with Crippen molar-refractivity contribution in [2.75, 3.05) is 26.3 Å². The van der Waals surface area contributed by atoms with Crippen LogP contribution in [0, 0.1) is 29.1 Å². The van der Waals surface area contributed by atoms with Crippen molar-refractivity contribution in [3.05, 3.63) is 148 Å². The smallest absolute Gasteiger partial charge is 0.407 e. The lowest BCUT2D eigenvalue weighted by Crippen LogP contribution is -2.56. The summed E-state index contributed by atoms with van der Waals surface area (Å²) in [4.78, 5) is 72.9. The maximum atomic E-state index is 13.7. The lowest BCUT2D eigenvalue weighted by atomic mass is 9.98. The van der Waals surface area contributed by atoms with Crippen LogP contribution in [0.3, 0.4) is 0 Å². The second kappa shape index (κ2) is 23.9. The summed E-state index contributed by atoms with van der Waals surface area (Å²) in [7, 11) is 0. The van der Waals surface area contributed by atoms with E-state index in [4.69, 9.17) is 14.6 Å². The number of carboxylic acids is 2. The number of likely N-dealkylation sites (tertiary alicyclic amines) is 1. The van der Waals surface area contributed by atoms with E-state index in [-0.39, 0.29) is 42.0 Å². The molecule has 5 N–H and O–H groups in total. The second-order valence-electron chi connectivity index (χ2n) is 18.5. The van der Waals surface area contributed by atoms with Crippen LogP contribution in [-0.4, -0.2) is 101 Å². The van der Waals surface area contributed by atoms with Crippen LogP contribution >= 0.6 is 17.0 Å². The third-order valence-corrected chi connectivity index (χ3v) is 13.7. The fourth-order valence-electron chi connectivity index (χ4n) is 9.47. The van der Waals surface area contributed by atoms with Crippen LogP contribution in [0.5, 0.6) is 5.75 Å². The van der Waals surface area contributed by atoms with E-state index in [1.54, 1.807) is 20.8 Å². The molecule has 2 aliphatic carbocycles. The van der Waals surface area contributed by atoms with E-state index in [2.05, 4.69) is 32.8 Å². The van der Waals surface area contributed by atoms with Gasteiger partial charge in [0.05, 0.1) is 0 Å². The number of alkyl carbamates (subject to hydrolysis) is 2. The van der Waals surface area contributed by atoms with E-state index in [1.165, 1.54) is 4.90 Å². The third-order valence-electron chi connectivity index (χ3n) is 13.7. The summed E-state index contributed by atoms with van der Waals surface area (Å²) in [6.45, 7) is 7.18. The van der Waals surface area contributed by atoms with Gasteiger partial charge >= 0.3 is 30.1 Å². The Bertz CT molecular complexity index is 2880. The van der Waals surface area contributed by atoms with Gasteiger partial charge in [0.2, 0.25) is 40.7 Å². The number of fused-ring (bicyclic) bond motifs is 6. The van der Waals surface area contributed by atoms with Crippen LogP contribution in [0.25, 0.3) is 22.3 Å². The zero-order valence-electron chi connectivity index (χ0n) is 41.0. The summed E-state index contributed by atoms with van der Waals surface area (Å²) < 4.78 is 82.2. The van der Waals surface area contributed by atoms with Gasteiger partial charge in [-0.3, -0.25) is 9.59 Å². The molecular weight excluding hydrogens is 1060 g/mol. The summed E-state index contributed by atoms with van der Waals surface area (Å²) in [5.41, 5.74) is 6.53. The molecule has 2 heterocycles. The van der Waals surface area contributed by atoms with Gasteiger partial charge in [-0.1, -0.05) is 97.1 Å². The number of carbonyl (C=O) groups is 6. The molecule has 0 saturated carbocycles. The minimum absolute atomic E-state index is 0. The zero-order chi connectivity index (χ0) is 53.6. The minimum atomic E-state index is -2.39. The van der Waals surface area contributed by atoms with Gasteiger partial charge in [0.1, 0.15) is 36.4 Å². The Morgan fingerprint density at radius 1 is 0.613 bits per heavy atom. The molecule has 5 aromatic carbocycles. The van der Waals surface area contributed by atoms with E-state index in [9.17, 15) is 55.8 Å². The van der Waals surface area contributed by atoms with Gasteiger partial charge in [0.15, 0.2) is 0 Å². The second-order valence-corrected chi connectivity index (χ2v) is 18.5. The molecule has 2 aliphatic heterocycles. The Labute approximate surface area is 438 Å². The topological polar surface area (TPSA) is 210 Å². The SMILES string of the molecule is Br.C[C@H](NC(=O)OCC1c2ccccc2-c2ccccc21)C(=O)N1CCC[C@]1(C)C(=O)O.C[C@H](NC(=O)OCC1c2ccccc2-c2ccccc21)C(=O)Oc1c(F)c(F)c(F)c(F)c1F.C[C@]1(C(=O)O)CCCN1. The maximum absolute atomic E-state index is 13.7. The molecule has 5 aromatic rings. The van der Waals surface area contributed by atoms with Crippen molar-refractivity contribution < 1.29 is 75.1 Å². The molecule has 0 bridgehead atoms. The number of esters is 1. The van der Waals surface area contributed by atoms with Gasteiger partial charge in [-0.05, 0) is 104 Å². The van der Waals surface area contributed by atoms with Gasteiger partial charge in [-0.25, -0.2) is 32.3 Å². The first kappa shape index (κ1) is 56.9. The quantitative estimate of drug-likeness (QED) is 0.0276. The van der Waals surface area contributed by atoms with E-state index >= 15 is 0 Å². The Hall–Kier alpha value is -7.39. The average Bonchev–Trinajstić information content (AvgIpc) is 4.18. The number of amides is 3. The number of carbonyl (C=O) groups excluding carboxylic acids is 4. The lowest BCUT2D eigenvalue weighted by molar-refractivity contribution is -0.155. The van der Waals surface area contributed by atoms with Gasteiger partial charge in [0, 0.05) is 18.4 Å². The van der Waals surface area contributed by atoms with Crippen LogP contribution in [0.2, 0.25) is 0 Å². The molecule has 0 unspecified atom stereocenters. The highest BCUT2D eigenvalue weighted by atomic mass is 79.9. The average molecular weight is 1110 g/mol. The van der Waals surface area contributed by atoms with Crippen LogP contribution in [0.1, 0.15) is 87.5 Å². The number of nitrogens with one attached hydrogen (secondary N) is 3. The van der Waals surface area contributed by atoms with E-state index < -0.39 is 94.0 Å². The third kappa shape index (κ3) is 11.9. The fourth-order valence-corrected chi connectivity index (χ4v) is 9.47. The highest BCUT2D eigenvalue weighted by Crippen LogP contribution is 2.46. The molecule has 3 amide bonds. The van der Waals surface area contributed by atoms with Gasteiger partial charge in [0.25, 0.3) is 0 Å². The Morgan fingerprint density at radius 3 is 1.39 bits per heavy atom. The molecule has 4 aliphatic rings. The van der Waals surface area contributed by atoms with E-state index in [1.807, 2.05) is 84.9 Å². The summed E-state index contributed by atoms with van der Waals surface area (Å²) in [6, 6.07) is 28.9. The monoisotopic (exact) mass is 1110 g/mol. The van der Waals surface area contributed by atoms with Crippen LogP contribution in [-0.2, 0) is 28.7 Å². The van der Waals surface area contributed by atoms with Crippen LogP contribution in [0.4, 0.5) is 31.5 Å². The van der Waals surface area contributed by atoms with Crippen molar-refractivity contribution in [3.63, 3.8) is 0 Å².